The van der Waals surface area contributed by atoms with Gasteiger partial charge in [0.05, 0.1) is 10.5 Å². The van der Waals surface area contributed by atoms with Crippen molar-refractivity contribution >= 4 is 27.3 Å². The molecule has 140 valence electrons. The zero-order chi connectivity index (χ0) is 18.9. The van der Waals surface area contributed by atoms with E-state index >= 15 is 0 Å². The predicted octanol–water partition coefficient (Wildman–Crippen LogP) is 2.31. The van der Waals surface area contributed by atoms with Crippen molar-refractivity contribution in [1.29, 1.82) is 0 Å². The summed E-state index contributed by atoms with van der Waals surface area (Å²) in [4.78, 5) is 14.3. The molecular weight excluding hydrogens is 379 g/mol. The number of carbonyl (C=O) groups is 1. The van der Waals surface area contributed by atoms with Gasteiger partial charge < -0.3 is 5.11 Å². The summed E-state index contributed by atoms with van der Waals surface area (Å²) in [5.74, 6) is -2.47. The number of nitrogens with one attached hydrogen (secondary N) is 1. The predicted molar refractivity (Wildman–Crippen MR) is 96.4 cm³/mol. The fourth-order valence-electron chi connectivity index (χ4n) is 2.92. The number of fused-ring (bicyclic) bond motifs is 1. The van der Waals surface area contributed by atoms with E-state index in [1.54, 1.807) is 11.3 Å². The summed E-state index contributed by atoms with van der Waals surface area (Å²) in [6.45, 7) is 3.76. The monoisotopic (exact) mass is 398 g/mol. The van der Waals surface area contributed by atoms with Gasteiger partial charge in [-0.25, -0.2) is 22.3 Å². The van der Waals surface area contributed by atoms with Gasteiger partial charge in [-0.05, 0) is 48.6 Å². The summed E-state index contributed by atoms with van der Waals surface area (Å²) < 4.78 is 40.8. The molecule has 1 aliphatic rings. The molecule has 2 aromatic rings. The number of carboxylic acid groups (broad SMARTS) is 1. The SMILES string of the molecule is CC(CNS(=O)(=O)c1ccc(F)c(C(=O)O)c1)N1CCc2sccc2C1. The van der Waals surface area contributed by atoms with Crippen molar-refractivity contribution in [2.75, 3.05) is 13.1 Å². The van der Waals surface area contributed by atoms with Crippen molar-refractivity contribution < 1.29 is 22.7 Å². The molecule has 1 aromatic carbocycles. The number of hydrogen-bond acceptors (Lipinski definition) is 5. The maximum atomic E-state index is 13.5. The Bertz CT molecular complexity index is 927. The van der Waals surface area contributed by atoms with E-state index in [4.69, 9.17) is 5.11 Å². The van der Waals surface area contributed by atoms with Crippen LogP contribution in [0.5, 0.6) is 0 Å². The van der Waals surface area contributed by atoms with E-state index in [1.807, 2.05) is 6.92 Å². The average Bonchev–Trinajstić information content (AvgIpc) is 3.07. The second kappa shape index (κ2) is 7.43. The van der Waals surface area contributed by atoms with Gasteiger partial charge in [0.2, 0.25) is 10.0 Å². The molecule has 0 radical (unpaired) electrons. The molecule has 26 heavy (non-hydrogen) atoms. The minimum absolute atomic E-state index is 0.0304. The number of aromatic carboxylic acids is 1. The fourth-order valence-corrected chi connectivity index (χ4v) is 4.96. The van der Waals surface area contributed by atoms with Crippen LogP contribution in [0.2, 0.25) is 0 Å². The van der Waals surface area contributed by atoms with Crippen LogP contribution in [-0.2, 0) is 23.0 Å². The smallest absolute Gasteiger partial charge is 0.338 e. The second-order valence-corrected chi connectivity index (χ2v) is 9.00. The van der Waals surface area contributed by atoms with E-state index < -0.39 is 27.4 Å². The Kier molecular flexibility index (Phi) is 5.42. The topological polar surface area (TPSA) is 86.7 Å². The molecule has 1 atom stereocenters. The van der Waals surface area contributed by atoms with Crippen molar-refractivity contribution in [3.63, 3.8) is 0 Å². The molecule has 0 aliphatic carbocycles. The molecule has 1 aliphatic heterocycles. The first kappa shape index (κ1) is 19.0. The number of benzene rings is 1. The third kappa shape index (κ3) is 3.96. The fraction of sp³-hybridized carbons (Fsp3) is 0.353. The van der Waals surface area contributed by atoms with Gasteiger partial charge in [0.25, 0.3) is 0 Å². The van der Waals surface area contributed by atoms with Crippen molar-refractivity contribution in [3.05, 3.63) is 51.5 Å². The van der Waals surface area contributed by atoms with Crippen molar-refractivity contribution in [2.24, 2.45) is 0 Å². The van der Waals surface area contributed by atoms with Crippen LogP contribution in [0.15, 0.2) is 34.5 Å². The summed E-state index contributed by atoms with van der Waals surface area (Å²) in [6, 6.07) is 4.81. The summed E-state index contributed by atoms with van der Waals surface area (Å²) in [5.41, 5.74) is 0.613. The normalized spacial score (nSPS) is 16.2. The van der Waals surface area contributed by atoms with Crippen LogP contribution >= 0.6 is 11.3 Å². The summed E-state index contributed by atoms with van der Waals surface area (Å²) in [5, 5.41) is 11.0. The zero-order valence-corrected chi connectivity index (χ0v) is 15.7. The Labute approximate surface area is 155 Å². The molecule has 1 unspecified atom stereocenters. The molecule has 3 rings (SSSR count). The molecule has 6 nitrogen and oxygen atoms in total. The average molecular weight is 398 g/mol. The maximum absolute atomic E-state index is 13.5. The van der Waals surface area contributed by atoms with E-state index in [0.717, 1.165) is 37.7 Å². The molecule has 0 amide bonds. The Morgan fingerprint density at radius 1 is 1.42 bits per heavy atom. The van der Waals surface area contributed by atoms with Gasteiger partial charge >= 0.3 is 5.97 Å². The van der Waals surface area contributed by atoms with Gasteiger partial charge in [0.15, 0.2) is 0 Å². The highest BCUT2D eigenvalue weighted by molar-refractivity contribution is 7.89. The number of thiophene rings is 1. The zero-order valence-electron chi connectivity index (χ0n) is 14.1. The van der Waals surface area contributed by atoms with E-state index in [9.17, 15) is 17.6 Å². The number of halogens is 1. The number of hydrogen-bond donors (Lipinski definition) is 2. The Hall–Kier alpha value is -1.81. The van der Waals surface area contributed by atoms with Crippen LogP contribution in [0.25, 0.3) is 0 Å². The molecule has 0 spiro atoms. The van der Waals surface area contributed by atoms with Gasteiger partial charge in [-0.3, -0.25) is 4.90 Å². The number of nitrogens with zero attached hydrogens (tertiary/aromatic N) is 1. The Balaban J connectivity index is 1.67. The third-order valence-electron chi connectivity index (χ3n) is 4.51. The largest absolute Gasteiger partial charge is 0.478 e. The quantitative estimate of drug-likeness (QED) is 0.780. The first-order chi connectivity index (χ1) is 12.3. The highest BCUT2D eigenvalue weighted by Crippen LogP contribution is 2.25. The third-order valence-corrected chi connectivity index (χ3v) is 6.95. The minimum Gasteiger partial charge on any atom is -0.478 e. The lowest BCUT2D eigenvalue weighted by atomic mass is 10.1. The lowest BCUT2D eigenvalue weighted by molar-refractivity contribution is 0.0691. The molecule has 0 bridgehead atoms. The first-order valence-corrected chi connectivity index (χ1v) is 10.5. The lowest BCUT2D eigenvalue weighted by Crippen LogP contribution is -2.44. The van der Waals surface area contributed by atoms with Crippen LogP contribution in [0, 0.1) is 5.82 Å². The highest BCUT2D eigenvalue weighted by atomic mass is 32.2. The van der Waals surface area contributed by atoms with Gasteiger partial charge in [-0.15, -0.1) is 11.3 Å². The molecule has 9 heteroatoms. The molecule has 0 saturated heterocycles. The summed E-state index contributed by atoms with van der Waals surface area (Å²) in [6.07, 6.45) is 0.948. The van der Waals surface area contributed by atoms with Gasteiger partial charge in [0, 0.05) is 30.6 Å². The molecular formula is C17H19FN2O4S2. The minimum atomic E-state index is -3.92. The van der Waals surface area contributed by atoms with E-state index in [1.165, 1.54) is 10.4 Å². The number of sulfonamides is 1. The Morgan fingerprint density at radius 2 is 2.19 bits per heavy atom. The molecule has 2 N–H and O–H groups in total. The molecule has 0 fully saturated rings. The van der Waals surface area contributed by atoms with Gasteiger partial charge in [0.1, 0.15) is 5.82 Å². The van der Waals surface area contributed by atoms with Gasteiger partial charge in [-0.1, -0.05) is 0 Å². The maximum Gasteiger partial charge on any atom is 0.338 e. The van der Waals surface area contributed by atoms with Crippen LogP contribution in [0.1, 0.15) is 27.7 Å². The lowest BCUT2D eigenvalue weighted by Gasteiger charge is -2.32. The van der Waals surface area contributed by atoms with Gasteiger partial charge in [-0.2, -0.15) is 0 Å². The van der Waals surface area contributed by atoms with Crippen molar-refractivity contribution in [2.45, 2.75) is 30.8 Å². The second-order valence-electron chi connectivity index (χ2n) is 6.24. The van der Waals surface area contributed by atoms with Crippen molar-refractivity contribution in [1.82, 2.24) is 9.62 Å². The standard InChI is InChI=1S/C17H19FN2O4S2/c1-11(20-6-4-16-12(10-20)5-7-25-16)9-19-26(23,24)13-2-3-15(18)14(8-13)17(21)22/h2-3,5,7-8,11,19H,4,6,9-10H2,1H3,(H,21,22). The van der Waals surface area contributed by atoms with Crippen LogP contribution in [0.3, 0.4) is 0 Å². The first-order valence-electron chi connectivity index (χ1n) is 8.10. The van der Waals surface area contributed by atoms with Crippen LogP contribution in [0.4, 0.5) is 4.39 Å². The van der Waals surface area contributed by atoms with E-state index in [2.05, 4.69) is 21.1 Å². The van der Waals surface area contributed by atoms with E-state index in [0.29, 0.717) is 0 Å². The number of rotatable bonds is 6. The Morgan fingerprint density at radius 3 is 2.92 bits per heavy atom. The molecule has 0 saturated carbocycles. The van der Waals surface area contributed by atoms with Crippen LogP contribution < -0.4 is 4.72 Å². The van der Waals surface area contributed by atoms with Crippen molar-refractivity contribution in [3.8, 4) is 0 Å². The summed E-state index contributed by atoms with van der Waals surface area (Å²) >= 11 is 1.74. The summed E-state index contributed by atoms with van der Waals surface area (Å²) in [7, 11) is -3.92. The number of carboxylic acids is 1. The molecule has 2 heterocycles. The van der Waals surface area contributed by atoms with E-state index in [-0.39, 0.29) is 17.5 Å². The van der Waals surface area contributed by atoms with Crippen LogP contribution in [-0.4, -0.2) is 43.5 Å². The highest BCUT2D eigenvalue weighted by Gasteiger charge is 2.24. The molecule has 1 aromatic heterocycles.